The summed E-state index contributed by atoms with van der Waals surface area (Å²) in [5, 5.41) is 29.8. The van der Waals surface area contributed by atoms with Crippen LogP contribution in [-0.4, -0.2) is 52.5 Å². The van der Waals surface area contributed by atoms with Gasteiger partial charge in [-0.25, -0.2) is 0 Å². The molecule has 2 aliphatic rings. The van der Waals surface area contributed by atoms with Gasteiger partial charge in [0.15, 0.2) is 11.6 Å². The van der Waals surface area contributed by atoms with E-state index in [0.717, 1.165) is 6.08 Å². The molecule has 2 aromatic carbocycles. The summed E-state index contributed by atoms with van der Waals surface area (Å²) in [6.07, 6.45) is 7.87. The van der Waals surface area contributed by atoms with Crippen LogP contribution >= 0.6 is 0 Å². The first-order chi connectivity index (χ1) is 17.1. The molecule has 3 N–H and O–H groups in total. The number of benzene rings is 2. The van der Waals surface area contributed by atoms with Crippen LogP contribution in [0.25, 0.3) is 0 Å². The van der Waals surface area contributed by atoms with E-state index in [2.05, 4.69) is 0 Å². The Morgan fingerprint density at radius 1 is 0.917 bits per heavy atom. The molecule has 0 aromatic heterocycles. The first-order valence-electron chi connectivity index (χ1n) is 11.4. The maximum absolute atomic E-state index is 12.2. The first-order valence-corrected chi connectivity index (χ1v) is 11.4. The van der Waals surface area contributed by atoms with Crippen molar-refractivity contribution in [1.82, 2.24) is 0 Å². The minimum absolute atomic E-state index is 0.0794. The smallest absolute Gasteiger partial charge is 0.200 e. The molecule has 0 bridgehead atoms. The molecule has 0 fully saturated rings. The predicted molar refractivity (Wildman–Crippen MR) is 135 cm³/mol. The van der Waals surface area contributed by atoms with Gasteiger partial charge >= 0.3 is 0 Å². The minimum atomic E-state index is -2.23. The average molecular weight is 491 g/mol. The van der Waals surface area contributed by atoms with Crippen LogP contribution in [0.4, 0.5) is 0 Å². The molecular weight excluding hydrogens is 460 g/mol. The van der Waals surface area contributed by atoms with Crippen molar-refractivity contribution in [3.05, 3.63) is 119 Å². The van der Waals surface area contributed by atoms with Crippen LogP contribution in [0.15, 0.2) is 108 Å². The Morgan fingerprint density at radius 2 is 1.50 bits per heavy atom. The molecule has 0 radical (unpaired) electrons. The lowest BCUT2D eigenvalue weighted by Gasteiger charge is -2.28. The van der Waals surface area contributed by atoms with E-state index in [1.54, 1.807) is 73.9 Å². The second-order valence-corrected chi connectivity index (χ2v) is 8.68. The summed E-state index contributed by atoms with van der Waals surface area (Å²) in [5.74, 6) is -3.37. The maximum Gasteiger partial charge on any atom is 0.200 e. The quantitative estimate of drug-likeness (QED) is 0.408. The molecule has 4 rings (SSSR count). The van der Waals surface area contributed by atoms with Crippen LogP contribution in [0.3, 0.4) is 0 Å². The zero-order chi connectivity index (χ0) is 26.3. The highest BCUT2D eigenvalue weighted by molar-refractivity contribution is 6.11. The SMILES string of the molecule is COC1(C)C=CC(C(=O)c2ccccc2)=C(O)C1.COC1=CC(O)(O)C(C(=O)c2ccccc2)C=C1. The number of Topliss-reactive ketones (excluding diaryl/α,β-unsaturated/α-hetero) is 2. The molecule has 0 spiro atoms. The number of hydrogen-bond donors (Lipinski definition) is 3. The lowest BCUT2D eigenvalue weighted by atomic mass is 9.86. The summed E-state index contributed by atoms with van der Waals surface area (Å²) in [5.41, 5.74) is 0.819. The number of aliphatic hydroxyl groups excluding tert-OH is 1. The second kappa shape index (κ2) is 11.3. The van der Waals surface area contributed by atoms with Crippen LogP contribution in [0.5, 0.6) is 0 Å². The Labute approximate surface area is 210 Å². The van der Waals surface area contributed by atoms with Gasteiger partial charge in [-0.3, -0.25) is 9.59 Å². The summed E-state index contributed by atoms with van der Waals surface area (Å²) in [6.45, 7) is 1.86. The maximum atomic E-state index is 12.2. The van der Waals surface area contributed by atoms with Gasteiger partial charge in [-0.2, -0.15) is 0 Å². The Morgan fingerprint density at radius 3 is 2.00 bits per heavy atom. The van der Waals surface area contributed by atoms with Crippen molar-refractivity contribution >= 4 is 11.6 Å². The van der Waals surface area contributed by atoms with Crippen LogP contribution in [-0.2, 0) is 9.47 Å². The number of hydrogen-bond acceptors (Lipinski definition) is 7. The molecule has 2 atom stereocenters. The lowest BCUT2D eigenvalue weighted by Crippen LogP contribution is -2.41. The van der Waals surface area contributed by atoms with Crippen molar-refractivity contribution in [1.29, 1.82) is 0 Å². The number of methoxy groups -OCH3 is 2. The van der Waals surface area contributed by atoms with Gasteiger partial charge in [0.2, 0.25) is 5.79 Å². The van der Waals surface area contributed by atoms with Crippen molar-refractivity contribution in [2.75, 3.05) is 14.2 Å². The van der Waals surface area contributed by atoms with Crippen molar-refractivity contribution in [3.8, 4) is 0 Å². The van der Waals surface area contributed by atoms with E-state index in [4.69, 9.17) is 9.47 Å². The number of allylic oxidation sites excluding steroid dienone is 3. The minimum Gasteiger partial charge on any atom is -0.511 e. The Hall–Kier alpha value is -3.78. The first kappa shape index (κ1) is 26.8. The number of ketones is 2. The van der Waals surface area contributed by atoms with Crippen molar-refractivity contribution in [2.45, 2.75) is 24.7 Å². The molecule has 7 nitrogen and oxygen atoms in total. The molecule has 36 heavy (non-hydrogen) atoms. The number of ether oxygens (including phenoxy) is 2. The molecular formula is C29H30O7. The van der Waals surface area contributed by atoms with Gasteiger partial charge in [0, 0.05) is 30.7 Å². The summed E-state index contributed by atoms with van der Waals surface area (Å²) in [6, 6.07) is 17.5. The van der Waals surface area contributed by atoms with Gasteiger partial charge in [0.05, 0.1) is 24.2 Å². The Bertz CT molecular complexity index is 1210. The molecule has 0 saturated heterocycles. The number of carbonyl (C=O) groups excluding carboxylic acids is 2. The molecule has 0 saturated carbocycles. The topological polar surface area (TPSA) is 113 Å². The predicted octanol–water partition coefficient (Wildman–Crippen LogP) is 4.31. The van der Waals surface area contributed by atoms with Crippen molar-refractivity contribution in [3.63, 3.8) is 0 Å². The van der Waals surface area contributed by atoms with Crippen LogP contribution in [0, 0.1) is 5.92 Å². The highest BCUT2D eigenvalue weighted by Crippen LogP contribution is 2.30. The van der Waals surface area contributed by atoms with Gasteiger partial charge in [-0.1, -0.05) is 72.8 Å². The molecule has 7 heteroatoms. The fourth-order valence-corrected chi connectivity index (χ4v) is 3.80. The van der Waals surface area contributed by atoms with E-state index >= 15 is 0 Å². The van der Waals surface area contributed by atoms with Crippen LogP contribution in [0.1, 0.15) is 34.1 Å². The van der Waals surface area contributed by atoms with E-state index in [1.165, 1.54) is 13.2 Å². The van der Waals surface area contributed by atoms with Gasteiger partial charge in [-0.15, -0.1) is 0 Å². The summed E-state index contributed by atoms with van der Waals surface area (Å²) in [7, 11) is 3.01. The Balaban J connectivity index is 0.000000201. The summed E-state index contributed by atoms with van der Waals surface area (Å²) in [4.78, 5) is 24.4. The molecule has 0 aliphatic heterocycles. The van der Waals surface area contributed by atoms with E-state index in [0.29, 0.717) is 28.9 Å². The summed E-state index contributed by atoms with van der Waals surface area (Å²) < 4.78 is 10.2. The van der Waals surface area contributed by atoms with E-state index in [-0.39, 0.29) is 17.3 Å². The average Bonchev–Trinajstić information content (AvgIpc) is 2.89. The molecule has 188 valence electrons. The number of carbonyl (C=O) groups is 2. The highest BCUT2D eigenvalue weighted by atomic mass is 16.5. The number of rotatable bonds is 6. The van der Waals surface area contributed by atoms with Crippen molar-refractivity contribution in [2.24, 2.45) is 5.92 Å². The largest absolute Gasteiger partial charge is 0.511 e. The third-order valence-corrected chi connectivity index (χ3v) is 6.02. The molecule has 0 heterocycles. The molecule has 2 aliphatic carbocycles. The lowest BCUT2D eigenvalue weighted by molar-refractivity contribution is -0.139. The fourth-order valence-electron chi connectivity index (χ4n) is 3.80. The van der Waals surface area contributed by atoms with Crippen LogP contribution in [0.2, 0.25) is 0 Å². The molecule has 0 amide bonds. The summed E-state index contributed by atoms with van der Waals surface area (Å²) >= 11 is 0. The van der Waals surface area contributed by atoms with Crippen LogP contribution < -0.4 is 0 Å². The van der Waals surface area contributed by atoms with E-state index in [1.807, 2.05) is 19.1 Å². The van der Waals surface area contributed by atoms with E-state index in [9.17, 15) is 24.9 Å². The highest BCUT2D eigenvalue weighted by Gasteiger charge is 2.39. The monoisotopic (exact) mass is 490 g/mol. The molecule has 2 unspecified atom stereocenters. The Kier molecular flexibility index (Phi) is 8.42. The second-order valence-electron chi connectivity index (χ2n) is 8.68. The van der Waals surface area contributed by atoms with Gasteiger partial charge in [0.25, 0.3) is 0 Å². The third kappa shape index (κ3) is 6.26. The normalized spacial score (nSPS) is 22.2. The zero-order valence-electron chi connectivity index (χ0n) is 20.4. The van der Waals surface area contributed by atoms with Gasteiger partial charge in [-0.05, 0) is 19.1 Å². The van der Waals surface area contributed by atoms with E-state index < -0.39 is 17.3 Å². The van der Waals surface area contributed by atoms with Crippen molar-refractivity contribution < 1.29 is 34.4 Å². The van der Waals surface area contributed by atoms with Gasteiger partial charge in [0.1, 0.15) is 11.5 Å². The molecule has 2 aromatic rings. The fraction of sp³-hybridized carbons (Fsp3) is 0.241. The zero-order valence-corrected chi connectivity index (χ0v) is 20.4. The van der Waals surface area contributed by atoms with Gasteiger partial charge < -0.3 is 24.8 Å². The standard InChI is InChI=1S/C15H16O3.C14H14O4/c1-15(18-2)9-8-12(13(16)10-15)14(17)11-6-4-3-5-7-11;1-18-11-7-8-12(14(16,17)9-11)13(15)10-5-3-2-4-6-10/h3-9,16H,10H2,1-2H3;2-9,12,16-17H,1H3. The number of aliphatic hydroxyl groups is 3. The third-order valence-electron chi connectivity index (χ3n) is 6.02.